The second-order valence-electron chi connectivity index (χ2n) is 6.86. The highest BCUT2D eigenvalue weighted by Crippen LogP contribution is 2.39. The van der Waals surface area contributed by atoms with Crippen molar-refractivity contribution in [3.8, 4) is 0 Å². The fourth-order valence-corrected chi connectivity index (χ4v) is 3.22. The molecule has 2 aromatic rings. The van der Waals surface area contributed by atoms with Gasteiger partial charge in [0.1, 0.15) is 17.9 Å². The molecule has 3 rings (SSSR count). The Bertz CT molecular complexity index is 1010. The fraction of sp³-hybridized carbons (Fsp3) is 0.250. The van der Waals surface area contributed by atoms with Crippen molar-refractivity contribution in [1.82, 2.24) is 15.5 Å². The second kappa shape index (κ2) is 7.77. The molecular weight excluding hydrogens is 406 g/mol. The molecular formula is C20H17F4N3O3. The first-order valence-corrected chi connectivity index (χ1v) is 8.85. The van der Waals surface area contributed by atoms with Gasteiger partial charge in [0.25, 0.3) is 5.91 Å². The molecule has 1 aliphatic heterocycles. The third kappa shape index (κ3) is 3.98. The van der Waals surface area contributed by atoms with Crippen LogP contribution in [0.15, 0.2) is 48.5 Å². The predicted octanol–water partition coefficient (Wildman–Crippen LogP) is 2.93. The number of carbonyl (C=O) groups is 3. The Balaban J connectivity index is 1.77. The highest BCUT2D eigenvalue weighted by Gasteiger charge is 2.52. The number of rotatable bonds is 5. The molecule has 0 saturated carbocycles. The standard InChI is InChI=1S/C20H17F4N3O3/c1-19(13-7-3-4-8-14(13)20(22,23)24)17(29)27(18(30)26-19)11-16(28)25-10-12-6-2-5-9-15(12)21/h2-9H,10-11H2,1H3,(H,25,28)(H,26,30). The van der Waals surface area contributed by atoms with Gasteiger partial charge in [0.15, 0.2) is 0 Å². The first kappa shape index (κ1) is 21.3. The number of carbonyl (C=O) groups excluding carboxylic acids is 3. The normalized spacial score (nSPS) is 19.0. The van der Waals surface area contributed by atoms with Crippen LogP contribution < -0.4 is 10.6 Å². The molecule has 1 saturated heterocycles. The summed E-state index contributed by atoms with van der Waals surface area (Å²) in [6, 6.07) is 9.12. The lowest BCUT2D eigenvalue weighted by Gasteiger charge is -2.25. The van der Waals surface area contributed by atoms with Gasteiger partial charge in [-0.1, -0.05) is 36.4 Å². The number of imide groups is 1. The van der Waals surface area contributed by atoms with Crippen molar-refractivity contribution in [2.24, 2.45) is 0 Å². The minimum absolute atomic E-state index is 0.177. The van der Waals surface area contributed by atoms with Crippen molar-refractivity contribution in [1.29, 1.82) is 0 Å². The molecule has 1 unspecified atom stereocenters. The van der Waals surface area contributed by atoms with Crippen LogP contribution in [-0.4, -0.2) is 29.3 Å². The number of hydrogen-bond acceptors (Lipinski definition) is 3. The Labute approximate surface area is 168 Å². The van der Waals surface area contributed by atoms with Crippen LogP contribution in [-0.2, 0) is 27.8 Å². The Hall–Kier alpha value is -3.43. The van der Waals surface area contributed by atoms with Gasteiger partial charge in [-0.25, -0.2) is 9.18 Å². The van der Waals surface area contributed by atoms with Crippen LogP contribution in [0, 0.1) is 5.82 Å². The van der Waals surface area contributed by atoms with Gasteiger partial charge >= 0.3 is 12.2 Å². The van der Waals surface area contributed by atoms with Crippen molar-refractivity contribution in [2.45, 2.75) is 25.2 Å². The minimum Gasteiger partial charge on any atom is -0.350 e. The smallest absolute Gasteiger partial charge is 0.350 e. The zero-order valence-corrected chi connectivity index (χ0v) is 15.7. The van der Waals surface area contributed by atoms with E-state index in [0.717, 1.165) is 19.1 Å². The molecule has 1 fully saturated rings. The molecule has 1 atom stereocenters. The van der Waals surface area contributed by atoms with Gasteiger partial charge in [-0.15, -0.1) is 0 Å². The quantitative estimate of drug-likeness (QED) is 0.574. The van der Waals surface area contributed by atoms with Crippen molar-refractivity contribution in [2.75, 3.05) is 6.54 Å². The summed E-state index contributed by atoms with van der Waals surface area (Å²) < 4.78 is 53.7. The fourth-order valence-electron chi connectivity index (χ4n) is 3.22. The number of nitrogens with zero attached hydrogens (tertiary/aromatic N) is 1. The molecule has 2 N–H and O–H groups in total. The molecule has 10 heteroatoms. The van der Waals surface area contributed by atoms with Gasteiger partial charge in [0, 0.05) is 12.1 Å². The van der Waals surface area contributed by atoms with E-state index in [1.807, 2.05) is 0 Å². The highest BCUT2D eigenvalue weighted by atomic mass is 19.4. The molecule has 2 aromatic carbocycles. The minimum atomic E-state index is -4.74. The largest absolute Gasteiger partial charge is 0.416 e. The zero-order valence-electron chi connectivity index (χ0n) is 15.7. The third-order valence-electron chi connectivity index (χ3n) is 4.78. The van der Waals surface area contributed by atoms with Crippen molar-refractivity contribution in [3.05, 3.63) is 71.0 Å². The Morgan fingerprint density at radius 1 is 1.10 bits per heavy atom. The molecule has 4 amide bonds. The van der Waals surface area contributed by atoms with E-state index in [2.05, 4.69) is 10.6 Å². The lowest BCUT2D eigenvalue weighted by atomic mass is 9.87. The van der Waals surface area contributed by atoms with Crippen LogP contribution in [0.5, 0.6) is 0 Å². The van der Waals surface area contributed by atoms with Gasteiger partial charge in [-0.2, -0.15) is 13.2 Å². The van der Waals surface area contributed by atoms with E-state index in [0.29, 0.717) is 4.90 Å². The second-order valence-corrected chi connectivity index (χ2v) is 6.86. The summed E-state index contributed by atoms with van der Waals surface area (Å²) in [6.07, 6.45) is -4.74. The van der Waals surface area contributed by atoms with E-state index in [1.54, 1.807) is 6.07 Å². The van der Waals surface area contributed by atoms with Crippen molar-refractivity contribution in [3.63, 3.8) is 0 Å². The summed E-state index contributed by atoms with van der Waals surface area (Å²) in [6.45, 7) is 0.251. The maximum absolute atomic E-state index is 13.6. The van der Waals surface area contributed by atoms with Gasteiger partial charge in [-0.05, 0) is 24.6 Å². The van der Waals surface area contributed by atoms with Crippen LogP contribution >= 0.6 is 0 Å². The Morgan fingerprint density at radius 2 is 1.73 bits per heavy atom. The van der Waals surface area contributed by atoms with Crippen molar-refractivity contribution >= 4 is 17.8 Å². The van der Waals surface area contributed by atoms with Crippen molar-refractivity contribution < 1.29 is 31.9 Å². The average Bonchev–Trinajstić information content (AvgIpc) is 2.91. The van der Waals surface area contributed by atoms with E-state index in [9.17, 15) is 31.9 Å². The van der Waals surface area contributed by atoms with Crippen LogP contribution in [0.2, 0.25) is 0 Å². The summed E-state index contributed by atoms with van der Waals surface area (Å²) >= 11 is 0. The highest BCUT2D eigenvalue weighted by molar-refractivity contribution is 6.09. The Morgan fingerprint density at radius 3 is 2.40 bits per heavy atom. The molecule has 1 heterocycles. The van der Waals surface area contributed by atoms with E-state index in [1.165, 1.54) is 30.3 Å². The lowest BCUT2D eigenvalue weighted by molar-refractivity contribution is -0.140. The topological polar surface area (TPSA) is 78.5 Å². The molecule has 1 aliphatic rings. The molecule has 0 bridgehead atoms. The zero-order chi connectivity index (χ0) is 22.1. The van der Waals surface area contributed by atoms with Crippen LogP contribution in [0.3, 0.4) is 0 Å². The molecule has 6 nitrogen and oxygen atoms in total. The van der Waals surface area contributed by atoms with Gasteiger partial charge in [0.2, 0.25) is 5.91 Å². The molecule has 0 spiro atoms. The predicted molar refractivity (Wildman–Crippen MR) is 97.3 cm³/mol. The average molecular weight is 423 g/mol. The van der Waals surface area contributed by atoms with E-state index >= 15 is 0 Å². The summed E-state index contributed by atoms with van der Waals surface area (Å²) in [5.41, 5.74) is -3.28. The summed E-state index contributed by atoms with van der Waals surface area (Å²) in [4.78, 5) is 37.8. The molecule has 30 heavy (non-hydrogen) atoms. The summed E-state index contributed by atoms with van der Waals surface area (Å²) in [5.74, 6) is -2.30. The van der Waals surface area contributed by atoms with E-state index < -0.39 is 53.0 Å². The Kier molecular flexibility index (Phi) is 5.51. The number of urea groups is 1. The number of amides is 4. The van der Waals surface area contributed by atoms with Gasteiger partial charge in [-0.3, -0.25) is 14.5 Å². The summed E-state index contributed by atoms with van der Waals surface area (Å²) in [7, 11) is 0. The van der Waals surface area contributed by atoms with Crippen LogP contribution in [0.4, 0.5) is 22.4 Å². The number of alkyl halides is 3. The van der Waals surface area contributed by atoms with E-state index in [4.69, 9.17) is 0 Å². The number of benzene rings is 2. The van der Waals surface area contributed by atoms with Crippen LogP contribution in [0.25, 0.3) is 0 Å². The molecule has 0 radical (unpaired) electrons. The maximum atomic E-state index is 13.6. The van der Waals surface area contributed by atoms with E-state index in [-0.39, 0.29) is 12.1 Å². The first-order valence-electron chi connectivity index (χ1n) is 8.85. The summed E-state index contributed by atoms with van der Waals surface area (Å²) in [5, 5.41) is 4.62. The number of nitrogens with one attached hydrogen (secondary N) is 2. The maximum Gasteiger partial charge on any atom is 0.416 e. The molecule has 158 valence electrons. The lowest BCUT2D eigenvalue weighted by Crippen LogP contribution is -2.44. The number of halogens is 4. The third-order valence-corrected chi connectivity index (χ3v) is 4.78. The SMILES string of the molecule is CC1(c2ccccc2C(F)(F)F)NC(=O)N(CC(=O)NCc2ccccc2F)C1=O. The van der Waals surface area contributed by atoms with Gasteiger partial charge in [0.05, 0.1) is 5.56 Å². The monoisotopic (exact) mass is 423 g/mol. The molecule has 0 aliphatic carbocycles. The van der Waals surface area contributed by atoms with Gasteiger partial charge < -0.3 is 10.6 Å². The first-order chi connectivity index (χ1) is 14.0. The number of hydrogen-bond donors (Lipinski definition) is 2. The van der Waals surface area contributed by atoms with Crippen LogP contribution in [0.1, 0.15) is 23.6 Å². The molecule has 0 aromatic heterocycles.